The van der Waals surface area contributed by atoms with Crippen LogP contribution in [0.4, 0.5) is 16.0 Å². The summed E-state index contributed by atoms with van der Waals surface area (Å²) in [5, 5.41) is 0. The molecule has 1 aliphatic carbocycles. The van der Waals surface area contributed by atoms with Crippen LogP contribution in [0.2, 0.25) is 0 Å². The van der Waals surface area contributed by atoms with Crippen molar-refractivity contribution in [3.63, 3.8) is 0 Å². The molecule has 3 aromatic rings. The van der Waals surface area contributed by atoms with E-state index in [-0.39, 0.29) is 17.1 Å². The van der Waals surface area contributed by atoms with E-state index >= 15 is 0 Å². The van der Waals surface area contributed by atoms with Gasteiger partial charge in [0.1, 0.15) is 5.82 Å². The van der Waals surface area contributed by atoms with Crippen molar-refractivity contribution >= 4 is 17.5 Å². The van der Waals surface area contributed by atoms with Crippen molar-refractivity contribution < 1.29 is 9.18 Å². The Hall–Kier alpha value is -3.28. The highest BCUT2D eigenvalue weighted by atomic mass is 19.1. The lowest BCUT2D eigenvalue weighted by atomic mass is 9.97. The van der Waals surface area contributed by atoms with Gasteiger partial charge in [-0.05, 0) is 36.1 Å². The van der Waals surface area contributed by atoms with Gasteiger partial charge in [0.25, 0.3) is 0 Å². The molecule has 0 atom stereocenters. The minimum absolute atomic E-state index is 0.0399. The molecule has 6 heteroatoms. The minimum Gasteiger partial charge on any atom is -0.342 e. The zero-order chi connectivity index (χ0) is 20.9. The molecule has 1 aromatic heterocycles. The Morgan fingerprint density at radius 1 is 1.17 bits per heavy atom. The van der Waals surface area contributed by atoms with Gasteiger partial charge in [-0.3, -0.25) is 4.79 Å². The largest absolute Gasteiger partial charge is 0.342 e. The summed E-state index contributed by atoms with van der Waals surface area (Å²) >= 11 is 0. The SMILES string of the molecule is CC(=O)N(C)Cc1ccc2c(c1)N(c1ncc(-c3ccccc3F)cn1)CC21CC1. The number of aromatic nitrogens is 2. The van der Waals surface area contributed by atoms with Gasteiger partial charge in [-0.1, -0.05) is 30.3 Å². The van der Waals surface area contributed by atoms with Gasteiger partial charge in [-0.15, -0.1) is 0 Å². The first-order valence-corrected chi connectivity index (χ1v) is 10.2. The highest BCUT2D eigenvalue weighted by molar-refractivity contribution is 5.74. The van der Waals surface area contributed by atoms with Gasteiger partial charge in [0.2, 0.25) is 11.9 Å². The van der Waals surface area contributed by atoms with E-state index in [9.17, 15) is 9.18 Å². The molecule has 1 spiro atoms. The lowest BCUT2D eigenvalue weighted by Crippen LogP contribution is -2.23. The molecule has 0 bridgehead atoms. The maximum Gasteiger partial charge on any atom is 0.229 e. The van der Waals surface area contributed by atoms with Gasteiger partial charge in [0.15, 0.2) is 0 Å². The Balaban J connectivity index is 1.48. The fraction of sp³-hybridized carbons (Fsp3) is 0.292. The van der Waals surface area contributed by atoms with Crippen molar-refractivity contribution in [1.29, 1.82) is 0 Å². The molecule has 2 aliphatic rings. The first-order valence-electron chi connectivity index (χ1n) is 10.2. The first kappa shape index (κ1) is 18.7. The average Bonchev–Trinajstić information content (AvgIpc) is 3.45. The van der Waals surface area contributed by atoms with E-state index in [1.54, 1.807) is 49.5 Å². The smallest absolute Gasteiger partial charge is 0.229 e. The number of hydrogen-bond donors (Lipinski definition) is 0. The predicted molar refractivity (Wildman–Crippen MR) is 114 cm³/mol. The van der Waals surface area contributed by atoms with Crippen LogP contribution in [0.15, 0.2) is 54.9 Å². The van der Waals surface area contributed by atoms with E-state index in [1.165, 1.54) is 11.6 Å². The van der Waals surface area contributed by atoms with Gasteiger partial charge in [-0.25, -0.2) is 14.4 Å². The topological polar surface area (TPSA) is 49.3 Å². The number of rotatable bonds is 4. The second-order valence-electron chi connectivity index (χ2n) is 8.34. The molecule has 152 valence electrons. The fourth-order valence-electron chi connectivity index (χ4n) is 4.26. The summed E-state index contributed by atoms with van der Waals surface area (Å²) in [7, 11) is 1.81. The summed E-state index contributed by atoms with van der Waals surface area (Å²) in [6, 6.07) is 13.1. The van der Waals surface area contributed by atoms with Gasteiger partial charge in [-0.2, -0.15) is 0 Å². The van der Waals surface area contributed by atoms with Crippen LogP contribution < -0.4 is 4.90 Å². The van der Waals surface area contributed by atoms with Crippen molar-refractivity contribution in [1.82, 2.24) is 14.9 Å². The lowest BCUT2D eigenvalue weighted by molar-refractivity contribution is -0.128. The number of carbonyl (C=O) groups is 1. The molecule has 1 aliphatic heterocycles. The molecule has 0 N–H and O–H groups in total. The van der Waals surface area contributed by atoms with Gasteiger partial charge < -0.3 is 9.80 Å². The number of fused-ring (bicyclic) bond motifs is 2. The second kappa shape index (κ2) is 6.90. The Morgan fingerprint density at radius 2 is 1.90 bits per heavy atom. The van der Waals surface area contributed by atoms with E-state index in [1.807, 2.05) is 0 Å². The molecule has 2 aromatic carbocycles. The Labute approximate surface area is 175 Å². The molecule has 1 saturated carbocycles. The number of anilines is 2. The van der Waals surface area contributed by atoms with E-state index in [4.69, 9.17) is 0 Å². The summed E-state index contributed by atoms with van der Waals surface area (Å²) in [5.41, 5.74) is 4.87. The highest BCUT2D eigenvalue weighted by Gasteiger charge is 2.52. The van der Waals surface area contributed by atoms with Crippen LogP contribution >= 0.6 is 0 Å². The van der Waals surface area contributed by atoms with Crippen molar-refractivity contribution in [2.75, 3.05) is 18.5 Å². The van der Waals surface area contributed by atoms with Crippen LogP contribution in [0.25, 0.3) is 11.1 Å². The molecule has 5 rings (SSSR count). The standard InChI is InChI=1S/C24H23FN4O/c1-16(30)28(2)14-17-7-8-20-22(11-17)29(15-24(20)9-10-24)23-26-12-18(13-27-23)19-5-3-4-6-21(19)25/h3-8,11-13H,9-10,14-15H2,1-2H3. The molecule has 2 heterocycles. The van der Waals surface area contributed by atoms with Crippen molar-refractivity contribution in [2.45, 2.75) is 31.7 Å². The van der Waals surface area contributed by atoms with Crippen LogP contribution in [0.5, 0.6) is 0 Å². The first-order chi connectivity index (χ1) is 14.5. The van der Waals surface area contributed by atoms with E-state index < -0.39 is 0 Å². The normalized spacial score (nSPS) is 15.9. The number of benzene rings is 2. The molecule has 0 saturated heterocycles. The summed E-state index contributed by atoms with van der Waals surface area (Å²) in [5.74, 6) is 0.381. The number of amides is 1. The molecule has 1 amide bonds. The van der Waals surface area contributed by atoms with Crippen molar-refractivity contribution in [3.8, 4) is 11.1 Å². The zero-order valence-electron chi connectivity index (χ0n) is 17.1. The minimum atomic E-state index is -0.281. The zero-order valence-corrected chi connectivity index (χ0v) is 17.1. The number of nitrogens with zero attached hydrogens (tertiary/aromatic N) is 4. The summed E-state index contributed by atoms with van der Waals surface area (Å²) in [4.78, 5) is 24.6. The van der Waals surface area contributed by atoms with Crippen LogP contribution in [0.1, 0.15) is 30.9 Å². The Kier molecular flexibility index (Phi) is 4.31. The van der Waals surface area contributed by atoms with E-state index in [0.717, 1.165) is 30.6 Å². The number of halogens is 1. The molecule has 5 nitrogen and oxygen atoms in total. The quantitative estimate of drug-likeness (QED) is 0.647. The van der Waals surface area contributed by atoms with Crippen LogP contribution in [0.3, 0.4) is 0 Å². The third kappa shape index (κ3) is 3.12. The lowest BCUT2D eigenvalue weighted by Gasteiger charge is -2.19. The maximum absolute atomic E-state index is 14.1. The van der Waals surface area contributed by atoms with Gasteiger partial charge in [0, 0.05) is 61.7 Å². The molecule has 0 unspecified atom stereocenters. The fourth-order valence-corrected chi connectivity index (χ4v) is 4.26. The average molecular weight is 402 g/mol. The Morgan fingerprint density at radius 3 is 2.57 bits per heavy atom. The highest BCUT2D eigenvalue weighted by Crippen LogP contribution is 2.57. The van der Waals surface area contributed by atoms with Crippen LogP contribution in [-0.4, -0.2) is 34.4 Å². The molecule has 0 radical (unpaired) electrons. The predicted octanol–water partition coefficient (Wildman–Crippen LogP) is 4.44. The van der Waals surface area contributed by atoms with Gasteiger partial charge >= 0.3 is 0 Å². The van der Waals surface area contributed by atoms with Crippen molar-refractivity contribution in [2.24, 2.45) is 0 Å². The van der Waals surface area contributed by atoms with E-state index in [0.29, 0.717) is 23.6 Å². The van der Waals surface area contributed by atoms with Crippen LogP contribution in [0, 0.1) is 5.82 Å². The molecular formula is C24H23FN4O. The third-order valence-electron chi connectivity index (χ3n) is 6.26. The summed E-state index contributed by atoms with van der Waals surface area (Å²) < 4.78 is 14.1. The second-order valence-corrected chi connectivity index (χ2v) is 8.34. The molecular weight excluding hydrogens is 379 g/mol. The summed E-state index contributed by atoms with van der Waals surface area (Å²) in [6.45, 7) is 2.99. The van der Waals surface area contributed by atoms with Crippen LogP contribution in [-0.2, 0) is 16.8 Å². The molecule has 1 fully saturated rings. The van der Waals surface area contributed by atoms with E-state index in [2.05, 4.69) is 33.1 Å². The Bertz CT molecular complexity index is 1120. The van der Waals surface area contributed by atoms with Gasteiger partial charge in [0.05, 0.1) is 0 Å². The third-order valence-corrected chi connectivity index (χ3v) is 6.26. The number of carbonyl (C=O) groups excluding carboxylic acids is 1. The summed E-state index contributed by atoms with van der Waals surface area (Å²) in [6.07, 6.45) is 5.70. The molecule has 30 heavy (non-hydrogen) atoms. The monoisotopic (exact) mass is 402 g/mol. The van der Waals surface area contributed by atoms with Crippen molar-refractivity contribution in [3.05, 3.63) is 71.8 Å². The maximum atomic E-state index is 14.1. The number of hydrogen-bond acceptors (Lipinski definition) is 4.